The highest BCUT2D eigenvalue weighted by Gasteiger charge is 2.05. The molecule has 18 heavy (non-hydrogen) atoms. The monoisotopic (exact) mass is 264 g/mol. The number of hydrogen-bond acceptors (Lipinski definition) is 2. The molecule has 3 N–H and O–H groups in total. The second-order valence-electron chi connectivity index (χ2n) is 3.61. The van der Waals surface area contributed by atoms with Crippen molar-refractivity contribution < 1.29 is 9.13 Å². The van der Waals surface area contributed by atoms with E-state index in [1.807, 2.05) is 0 Å². The zero-order chi connectivity index (χ0) is 13.1. The Morgan fingerprint density at radius 1 is 1.17 bits per heavy atom. The Kier molecular flexibility index (Phi) is 3.48. The molecule has 0 bridgehead atoms. The van der Waals surface area contributed by atoms with Crippen molar-refractivity contribution in [1.82, 2.24) is 0 Å². The Hall–Kier alpha value is -2.07. The first-order valence-corrected chi connectivity index (χ1v) is 5.51. The van der Waals surface area contributed by atoms with Gasteiger partial charge in [-0.15, -0.1) is 0 Å². The van der Waals surface area contributed by atoms with Crippen LogP contribution in [0.25, 0.3) is 0 Å². The molecule has 0 heterocycles. The molecule has 5 heteroatoms. The van der Waals surface area contributed by atoms with Crippen LogP contribution in [0.5, 0.6) is 11.5 Å². The van der Waals surface area contributed by atoms with Gasteiger partial charge in [0.25, 0.3) is 0 Å². The van der Waals surface area contributed by atoms with Crippen LogP contribution in [0, 0.1) is 11.2 Å². The lowest BCUT2D eigenvalue weighted by Crippen LogP contribution is -2.10. The standard InChI is InChI=1S/C13H10ClFN2O/c14-9-3-6-12(11(15)7-9)18-10-4-1-8(2-5-10)13(16)17/h1-7H,(H3,16,17). The van der Waals surface area contributed by atoms with Gasteiger partial charge in [-0.2, -0.15) is 0 Å². The summed E-state index contributed by atoms with van der Waals surface area (Å²) >= 11 is 5.64. The topological polar surface area (TPSA) is 59.1 Å². The number of hydrogen-bond donors (Lipinski definition) is 2. The molecule has 0 aromatic heterocycles. The molecule has 0 aliphatic rings. The van der Waals surface area contributed by atoms with Crippen LogP contribution in [0.4, 0.5) is 4.39 Å². The molecule has 0 saturated carbocycles. The van der Waals surface area contributed by atoms with Crippen molar-refractivity contribution in [3.05, 3.63) is 58.9 Å². The average molecular weight is 265 g/mol. The van der Waals surface area contributed by atoms with Gasteiger partial charge in [-0.1, -0.05) is 11.6 Å². The number of halogens is 2. The van der Waals surface area contributed by atoms with E-state index in [2.05, 4.69) is 0 Å². The third-order valence-corrected chi connectivity index (χ3v) is 2.52. The lowest BCUT2D eigenvalue weighted by atomic mass is 10.2. The van der Waals surface area contributed by atoms with Crippen molar-refractivity contribution in [2.24, 2.45) is 5.73 Å². The molecular weight excluding hydrogens is 255 g/mol. The third-order valence-electron chi connectivity index (χ3n) is 2.29. The Morgan fingerprint density at radius 2 is 1.83 bits per heavy atom. The van der Waals surface area contributed by atoms with Crippen molar-refractivity contribution >= 4 is 17.4 Å². The first-order chi connectivity index (χ1) is 8.56. The van der Waals surface area contributed by atoms with Gasteiger partial charge < -0.3 is 10.5 Å². The summed E-state index contributed by atoms with van der Waals surface area (Å²) in [7, 11) is 0. The summed E-state index contributed by atoms with van der Waals surface area (Å²) in [5, 5.41) is 7.56. The number of nitrogens with two attached hydrogens (primary N) is 1. The van der Waals surface area contributed by atoms with E-state index in [-0.39, 0.29) is 11.6 Å². The molecule has 0 aliphatic carbocycles. The van der Waals surface area contributed by atoms with Crippen LogP contribution in [-0.4, -0.2) is 5.84 Å². The average Bonchev–Trinajstić information content (AvgIpc) is 2.33. The first-order valence-electron chi connectivity index (χ1n) is 5.13. The molecule has 0 spiro atoms. The zero-order valence-corrected chi connectivity index (χ0v) is 10.0. The molecule has 92 valence electrons. The highest BCUT2D eigenvalue weighted by molar-refractivity contribution is 6.30. The van der Waals surface area contributed by atoms with Gasteiger partial charge in [0.1, 0.15) is 11.6 Å². The summed E-state index contributed by atoms with van der Waals surface area (Å²) in [6, 6.07) is 10.7. The molecular formula is C13H10ClFN2O. The quantitative estimate of drug-likeness (QED) is 0.658. The number of nitrogen functional groups attached to an aromatic ring is 1. The Balaban J connectivity index is 2.21. The minimum Gasteiger partial charge on any atom is -0.454 e. The van der Waals surface area contributed by atoms with Gasteiger partial charge in [0.15, 0.2) is 11.6 Å². The number of nitrogens with one attached hydrogen (secondary N) is 1. The van der Waals surface area contributed by atoms with Crippen molar-refractivity contribution in [3.63, 3.8) is 0 Å². The second kappa shape index (κ2) is 5.06. The SMILES string of the molecule is N=C(N)c1ccc(Oc2ccc(Cl)cc2F)cc1. The lowest BCUT2D eigenvalue weighted by Gasteiger charge is -2.07. The van der Waals surface area contributed by atoms with E-state index in [9.17, 15) is 4.39 Å². The molecule has 0 fully saturated rings. The molecule has 2 aromatic carbocycles. The van der Waals surface area contributed by atoms with Crippen LogP contribution < -0.4 is 10.5 Å². The fourth-order valence-corrected chi connectivity index (χ4v) is 1.55. The smallest absolute Gasteiger partial charge is 0.167 e. The van der Waals surface area contributed by atoms with E-state index in [4.69, 9.17) is 27.5 Å². The van der Waals surface area contributed by atoms with E-state index in [0.717, 1.165) is 0 Å². The van der Waals surface area contributed by atoms with Gasteiger partial charge in [0.2, 0.25) is 0 Å². The van der Waals surface area contributed by atoms with Gasteiger partial charge in [-0.05, 0) is 42.5 Å². The molecule has 0 unspecified atom stereocenters. The van der Waals surface area contributed by atoms with E-state index in [1.54, 1.807) is 30.3 Å². The van der Waals surface area contributed by atoms with Crippen LogP contribution in [0.3, 0.4) is 0 Å². The van der Waals surface area contributed by atoms with Gasteiger partial charge in [0.05, 0.1) is 0 Å². The molecule has 3 nitrogen and oxygen atoms in total. The van der Waals surface area contributed by atoms with Crippen LogP contribution >= 0.6 is 11.6 Å². The highest BCUT2D eigenvalue weighted by atomic mass is 35.5. The Labute approximate surface area is 108 Å². The molecule has 0 atom stereocenters. The predicted octanol–water partition coefficient (Wildman–Crippen LogP) is 3.56. The van der Waals surface area contributed by atoms with Gasteiger partial charge >= 0.3 is 0 Å². The number of rotatable bonds is 3. The van der Waals surface area contributed by atoms with Crippen molar-refractivity contribution in [2.45, 2.75) is 0 Å². The maximum absolute atomic E-state index is 13.5. The van der Waals surface area contributed by atoms with Crippen LogP contribution in [0.2, 0.25) is 5.02 Å². The third kappa shape index (κ3) is 2.78. The van der Waals surface area contributed by atoms with Crippen LogP contribution in [0.1, 0.15) is 5.56 Å². The normalized spacial score (nSPS) is 10.1. The molecule has 0 saturated heterocycles. The number of benzene rings is 2. The summed E-state index contributed by atoms with van der Waals surface area (Å²) in [5.74, 6) is -0.00596. The number of ether oxygens (including phenoxy) is 1. The maximum Gasteiger partial charge on any atom is 0.167 e. The molecule has 2 rings (SSSR count). The summed E-state index contributed by atoms with van der Waals surface area (Å²) in [6.07, 6.45) is 0. The van der Waals surface area contributed by atoms with Gasteiger partial charge in [-0.3, -0.25) is 5.41 Å². The van der Waals surface area contributed by atoms with Gasteiger partial charge in [-0.25, -0.2) is 4.39 Å². The fraction of sp³-hybridized carbons (Fsp3) is 0. The lowest BCUT2D eigenvalue weighted by molar-refractivity contribution is 0.442. The van der Waals surface area contributed by atoms with Crippen molar-refractivity contribution in [2.75, 3.05) is 0 Å². The summed E-state index contributed by atoms with van der Waals surface area (Å²) in [4.78, 5) is 0. The largest absolute Gasteiger partial charge is 0.454 e. The van der Waals surface area contributed by atoms with E-state index < -0.39 is 5.82 Å². The summed E-state index contributed by atoms with van der Waals surface area (Å²) in [6.45, 7) is 0. The zero-order valence-electron chi connectivity index (χ0n) is 9.28. The van der Waals surface area contributed by atoms with E-state index in [1.165, 1.54) is 12.1 Å². The second-order valence-corrected chi connectivity index (χ2v) is 4.05. The Bertz CT molecular complexity index is 584. The molecule has 0 aliphatic heterocycles. The summed E-state index contributed by atoms with van der Waals surface area (Å²) < 4.78 is 18.8. The van der Waals surface area contributed by atoms with Gasteiger partial charge in [0, 0.05) is 10.6 Å². The Morgan fingerprint density at radius 3 is 2.39 bits per heavy atom. The van der Waals surface area contributed by atoms with E-state index >= 15 is 0 Å². The fourth-order valence-electron chi connectivity index (χ4n) is 1.39. The van der Waals surface area contributed by atoms with Crippen molar-refractivity contribution in [1.29, 1.82) is 5.41 Å². The molecule has 0 radical (unpaired) electrons. The molecule has 2 aromatic rings. The maximum atomic E-state index is 13.5. The minimum atomic E-state index is -0.529. The summed E-state index contributed by atoms with van der Waals surface area (Å²) in [5.41, 5.74) is 5.91. The van der Waals surface area contributed by atoms with Crippen molar-refractivity contribution in [3.8, 4) is 11.5 Å². The predicted molar refractivity (Wildman–Crippen MR) is 68.9 cm³/mol. The van der Waals surface area contributed by atoms with Crippen LogP contribution in [0.15, 0.2) is 42.5 Å². The highest BCUT2D eigenvalue weighted by Crippen LogP contribution is 2.26. The number of amidine groups is 1. The van der Waals surface area contributed by atoms with E-state index in [0.29, 0.717) is 16.3 Å². The molecule has 0 amide bonds. The minimum absolute atomic E-state index is 0.0285. The van der Waals surface area contributed by atoms with Crippen LogP contribution in [-0.2, 0) is 0 Å². The first kappa shape index (κ1) is 12.4.